The number of ether oxygens (including phenoxy) is 1. The predicted octanol–water partition coefficient (Wildman–Crippen LogP) is 3.23. The number of anilines is 2. The van der Waals surface area contributed by atoms with Crippen LogP contribution in [0, 0.1) is 6.92 Å². The number of rotatable bonds is 7. The van der Waals surface area contributed by atoms with Crippen LogP contribution in [-0.2, 0) is 19.6 Å². The molecule has 0 aliphatic rings. The van der Waals surface area contributed by atoms with Crippen LogP contribution in [0.1, 0.15) is 22.8 Å². The summed E-state index contributed by atoms with van der Waals surface area (Å²) in [6, 6.07) is 11.0. The Morgan fingerprint density at radius 1 is 1.18 bits per heavy atom. The minimum absolute atomic E-state index is 0.234. The lowest BCUT2D eigenvalue weighted by atomic mass is 10.2. The molecule has 0 fully saturated rings. The monoisotopic (exact) mass is 424 g/mol. The Bertz CT molecular complexity index is 992. The molecule has 0 spiro atoms. The molecule has 0 aromatic heterocycles. The number of aryl methyl sites for hydroxylation is 1. The summed E-state index contributed by atoms with van der Waals surface area (Å²) in [5, 5.41) is 2.99. The van der Waals surface area contributed by atoms with Gasteiger partial charge in [-0.25, -0.2) is 13.2 Å². The quantitative estimate of drug-likeness (QED) is 0.689. The number of esters is 1. The fourth-order valence-corrected chi connectivity index (χ4v) is 3.43. The Morgan fingerprint density at radius 2 is 1.89 bits per heavy atom. The van der Waals surface area contributed by atoms with E-state index in [-0.39, 0.29) is 17.9 Å². The van der Waals surface area contributed by atoms with Gasteiger partial charge in [-0.2, -0.15) is 0 Å². The summed E-state index contributed by atoms with van der Waals surface area (Å²) in [5.74, 6) is -1.08. The predicted molar refractivity (Wildman–Crippen MR) is 109 cm³/mol. The molecule has 2 aromatic rings. The summed E-state index contributed by atoms with van der Waals surface area (Å²) in [7, 11) is -3.72. The fourth-order valence-electron chi connectivity index (χ4n) is 2.41. The van der Waals surface area contributed by atoms with Crippen molar-refractivity contribution in [2.45, 2.75) is 13.8 Å². The average Bonchev–Trinajstić information content (AvgIpc) is 2.61. The molecule has 0 unspecified atom stereocenters. The SMILES string of the molecule is CCOC(=O)c1cccc(NC(=O)CN(c2ccc(C)c(Cl)c2)S(C)(=O)=O)c1. The standard InChI is InChI=1S/C19H21ClN2O5S/c1-4-27-19(24)14-6-5-7-15(10-14)21-18(23)12-22(28(3,25)26)16-9-8-13(2)17(20)11-16/h5-11H,4,12H2,1-3H3,(H,21,23). The van der Waals surface area contributed by atoms with Gasteiger partial charge >= 0.3 is 5.97 Å². The highest BCUT2D eigenvalue weighted by atomic mass is 35.5. The van der Waals surface area contributed by atoms with Gasteiger partial charge in [0.2, 0.25) is 15.9 Å². The third-order valence-electron chi connectivity index (χ3n) is 3.79. The second-order valence-electron chi connectivity index (χ2n) is 6.05. The first kappa shape index (κ1) is 21.7. The van der Waals surface area contributed by atoms with E-state index >= 15 is 0 Å². The van der Waals surface area contributed by atoms with E-state index in [1.807, 2.05) is 0 Å². The highest BCUT2D eigenvalue weighted by molar-refractivity contribution is 7.92. The Morgan fingerprint density at radius 3 is 2.50 bits per heavy atom. The van der Waals surface area contributed by atoms with Crippen molar-refractivity contribution in [2.24, 2.45) is 0 Å². The van der Waals surface area contributed by atoms with Crippen LogP contribution in [0.4, 0.5) is 11.4 Å². The fraction of sp³-hybridized carbons (Fsp3) is 0.263. The normalized spacial score (nSPS) is 11.0. The van der Waals surface area contributed by atoms with Crippen LogP contribution in [0.3, 0.4) is 0 Å². The molecule has 0 bridgehead atoms. The Labute approximate surface area is 169 Å². The van der Waals surface area contributed by atoms with Gasteiger partial charge in [0.1, 0.15) is 6.54 Å². The minimum Gasteiger partial charge on any atom is -0.462 e. The van der Waals surface area contributed by atoms with Crippen molar-refractivity contribution in [3.05, 3.63) is 58.6 Å². The molecule has 1 N–H and O–H groups in total. The highest BCUT2D eigenvalue weighted by Crippen LogP contribution is 2.25. The maximum atomic E-state index is 12.4. The van der Waals surface area contributed by atoms with Gasteiger partial charge < -0.3 is 10.1 Å². The lowest BCUT2D eigenvalue weighted by molar-refractivity contribution is -0.114. The molecule has 9 heteroatoms. The molecule has 0 radical (unpaired) electrons. The van der Waals surface area contributed by atoms with Crippen molar-refractivity contribution in [3.63, 3.8) is 0 Å². The van der Waals surface area contributed by atoms with Crippen LogP contribution in [0.15, 0.2) is 42.5 Å². The summed E-state index contributed by atoms with van der Waals surface area (Å²) in [5.41, 5.74) is 1.71. The number of nitrogens with one attached hydrogen (secondary N) is 1. The number of carbonyl (C=O) groups is 2. The number of sulfonamides is 1. The van der Waals surface area contributed by atoms with Crippen molar-refractivity contribution in [1.29, 1.82) is 0 Å². The lowest BCUT2D eigenvalue weighted by Crippen LogP contribution is -2.37. The maximum absolute atomic E-state index is 12.4. The van der Waals surface area contributed by atoms with Crippen molar-refractivity contribution >= 4 is 44.9 Å². The summed E-state index contributed by atoms with van der Waals surface area (Å²) in [4.78, 5) is 24.2. The smallest absolute Gasteiger partial charge is 0.338 e. The molecule has 0 saturated heterocycles. The van der Waals surface area contributed by atoms with Crippen LogP contribution in [0.2, 0.25) is 5.02 Å². The van der Waals surface area contributed by atoms with Crippen LogP contribution in [-0.4, -0.2) is 39.7 Å². The zero-order valence-electron chi connectivity index (χ0n) is 15.7. The zero-order chi connectivity index (χ0) is 20.9. The minimum atomic E-state index is -3.72. The summed E-state index contributed by atoms with van der Waals surface area (Å²) in [6.45, 7) is 3.28. The van der Waals surface area contributed by atoms with E-state index in [1.54, 1.807) is 44.2 Å². The van der Waals surface area contributed by atoms with Gasteiger partial charge in [-0.3, -0.25) is 9.10 Å². The first-order chi connectivity index (χ1) is 13.1. The van der Waals surface area contributed by atoms with Crippen molar-refractivity contribution in [2.75, 3.05) is 29.0 Å². The van der Waals surface area contributed by atoms with Crippen LogP contribution in [0.25, 0.3) is 0 Å². The van der Waals surface area contributed by atoms with Crippen LogP contribution in [0.5, 0.6) is 0 Å². The Balaban J connectivity index is 2.20. The summed E-state index contributed by atoms with van der Waals surface area (Å²) < 4.78 is 30.2. The lowest BCUT2D eigenvalue weighted by Gasteiger charge is -2.22. The van der Waals surface area contributed by atoms with E-state index in [0.717, 1.165) is 16.1 Å². The molecule has 0 saturated carbocycles. The molecule has 1 amide bonds. The first-order valence-corrected chi connectivity index (χ1v) is 10.7. The molecule has 2 rings (SSSR count). The number of amides is 1. The van der Waals surface area contributed by atoms with E-state index in [4.69, 9.17) is 16.3 Å². The van der Waals surface area contributed by atoms with E-state index in [2.05, 4.69) is 5.32 Å². The number of hydrogen-bond donors (Lipinski definition) is 1. The molecule has 0 aliphatic carbocycles. The molecule has 0 aliphatic heterocycles. The van der Waals surface area contributed by atoms with Crippen molar-refractivity contribution in [1.82, 2.24) is 0 Å². The van der Waals surface area contributed by atoms with Crippen molar-refractivity contribution < 1.29 is 22.7 Å². The van der Waals surface area contributed by atoms with Gasteiger partial charge in [-0.1, -0.05) is 23.7 Å². The number of nitrogens with zero attached hydrogens (tertiary/aromatic N) is 1. The molecule has 0 heterocycles. The Kier molecular flexibility index (Phi) is 7.04. The summed E-state index contributed by atoms with van der Waals surface area (Å²) >= 11 is 6.08. The second kappa shape index (κ2) is 9.07. The third-order valence-corrected chi connectivity index (χ3v) is 5.34. The molecule has 0 atom stereocenters. The molecule has 28 heavy (non-hydrogen) atoms. The van der Waals surface area contributed by atoms with Gasteiger partial charge in [-0.05, 0) is 49.7 Å². The zero-order valence-corrected chi connectivity index (χ0v) is 17.3. The van der Waals surface area contributed by atoms with Crippen molar-refractivity contribution in [3.8, 4) is 0 Å². The van der Waals surface area contributed by atoms with Gasteiger partial charge in [-0.15, -0.1) is 0 Å². The average molecular weight is 425 g/mol. The second-order valence-corrected chi connectivity index (χ2v) is 8.37. The van der Waals surface area contributed by atoms with E-state index in [0.29, 0.717) is 10.7 Å². The van der Waals surface area contributed by atoms with Gasteiger partial charge in [0, 0.05) is 10.7 Å². The van der Waals surface area contributed by atoms with E-state index in [9.17, 15) is 18.0 Å². The number of benzene rings is 2. The number of halogens is 1. The summed E-state index contributed by atoms with van der Waals surface area (Å²) in [6.07, 6.45) is 1.01. The highest BCUT2D eigenvalue weighted by Gasteiger charge is 2.21. The Hall–Kier alpha value is -2.58. The van der Waals surface area contributed by atoms with Crippen LogP contribution < -0.4 is 9.62 Å². The van der Waals surface area contributed by atoms with E-state index in [1.165, 1.54) is 12.1 Å². The van der Waals surface area contributed by atoms with Gasteiger partial charge in [0.15, 0.2) is 0 Å². The molecular weight excluding hydrogens is 404 g/mol. The maximum Gasteiger partial charge on any atom is 0.338 e. The third kappa shape index (κ3) is 5.71. The van der Waals surface area contributed by atoms with Gasteiger partial charge in [0.25, 0.3) is 0 Å². The molecular formula is C19H21ClN2O5S. The van der Waals surface area contributed by atoms with Gasteiger partial charge in [0.05, 0.1) is 24.1 Å². The molecule has 2 aromatic carbocycles. The number of hydrogen-bond acceptors (Lipinski definition) is 5. The largest absolute Gasteiger partial charge is 0.462 e. The molecule has 7 nitrogen and oxygen atoms in total. The molecule has 150 valence electrons. The first-order valence-electron chi connectivity index (χ1n) is 8.42. The van der Waals surface area contributed by atoms with Crippen LogP contribution >= 0.6 is 11.6 Å². The van der Waals surface area contributed by atoms with E-state index < -0.39 is 28.4 Å². The number of carbonyl (C=O) groups excluding carboxylic acids is 2. The topological polar surface area (TPSA) is 92.8 Å².